The second kappa shape index (κ2) is 5.43. The van der Waals surface area contributed by atoms with Gasteiger partial charge in [0.2, 0.25) is 5.91 Å². The molecule has 3 rings (SSSR count). The molecule has 1 aliphatic rings. The van der Waals surface area contributed by atoms with Crippen molar-refractivity contribution in [3.8, 4) is 0 Å². The number of carbonyl (C=O) groups is 1. The lowest BCUT2D eigenvalue weighted by Crippen LogP contribution is -2.15. The summed E-state index contributed by atoms with van der Waals surface area (Å²) in [5, 5.41) is 7.47. The van der Waals surface area contributed by atoms with Crippen molar-refractivity contribution in [1.82, 2.24) is 5.16 Å². The Morgan fingerprint density at radius 3 is 2.59 bits per heavy atom. The molecule has 2 atom stereocenters. The lowest BCUT2D eigenvalue weighted by atomic mass is 9.93. The molecule has 1 aromatic carbocycles. The first-order valence-corrected chi connectivity index (χ1v) is 7.76. The van der Waals surface area contributed by atoms with Crippen LogP contribution in [0.15, 0.2) is 34.9 Å². The molecule has 0 bridgehead atoms. The average molecular weight is 319 g/mol. The van der Waals surface area contributed by atoms with Crippen LogP contribution in [0, 0.1) is 5.92 Å². The van der Waals surface area contributed by atoms with Gasteiger partial charge in [0.05, 0.1) is 0 Å². The highest BCUT2D eigenvalue weighted by Crippen LogP contribution is 2.48. The van der Waals surface area contributed by atoms with Gasteiger partial charge in [-0.25, -0.2) is 0 Å². The molecule has 0 radical (unpaired) electrons. The zero-order valence-corrected chi connectivity index (χ0v) is 13.6. The topological polar surface area (TPSA) is 55.1 Å². The number of nitrogens with zero attached hydrogens (tertiary/aromatic N) is 1. The third-order valence-electron chi connectivity index (χ3n) is 3.93. The monoisotopic (exact) mass is 318 g/mol. The fourth-order valence-electron chi connectivity index (χ4n) is 2.47. The fraction of sp³-hybridized carbons (Fsp3) is 0.412. The summed E-state index contributed by atoms with van der Waals surface area (Å²) in [5.41, 5.74) is 1.03. The van der Waals surface area contributed by atoms with Gasteiger partial charge in [-0.1, -0.05) is 49.7 Å². The van der Waals surface area contributed by atoms with Gasteiger partial charge in [-0.3, -0.25) is 4.79 Å². The smallest absolute Gasteiger partial charge is 0.229 e. The van der Waals surface area contributed by atoms with E-state index in [0.29, 0.717) is 10.8 Å². The molecule has 0 unspecified atom stereocenters. The number of hydrogen-bond donors (Lipinski definition) is 1. The third-order valence-corrected chi connectivity index (χ3v) is 4.18. The standard InChI is InChI=1S/C17H19ClN2O2/c1-17(2,3)14-9-15(20-22-14)19-16(21)13-8-12(13)10-4-6-11(18)7-5-10/h4-7,9,12-13H,8H2,1-3H3,(H,19,20,21)/t12-,13-/m0/s1. The van der Waals surface area contributed by atoms with E-state index >= 15 is 0 Å². The number of carbonyl (C=O) groups excluding carboxylic acids is 1. The normalized spacial score (nSPS) is 20.7. The highest BCUT2D eigenvalue weighted by molar-refractivity contribution is 6.30. The predicted molar refractivity (Wildman–Crippen MR) is 86.1 cm³/mol. The van der Waals surface area contributed by atoms with Crippen molar-refractivity contribution in [3.63, 3.8) is 0 Å². The first-order chi connectivity index (χ1) is 10.3. The zero-order chi connectivity index (χ0) is 15.9. The molecule has 0 spiro atoms. The molecule has 5 heteroatoms. The van der Waals surface area contributed by atoms with E-state index in [2.05, 4.69) is 10.5 Å². The molecule has 1 heterocycles. The Hall–Kier alpha value is -1.81. The third kappa shape index (κ3) is 3.17. The van der Waals surface area contributed by atoms with E-state index in [1.165, 1.54) is 0 Å². The van der Waals surface area contributed by atoms with E-state index in [9.17, 15) is 4.79 Å². The van der Waals surface area contributed by atoms with E-state index in [1.54, 1.807) is 6.07 Å². The number of halogens is 1. The summed E-state index contributed by atoms with van der Waals surface area (Å²) >= 11 is 5.88. The summed E-state index contributed by atoms with van der Waals surface area (Å²) in [4.78, 5) is 12.3. The second-order valence-electron chi connectivity index (χ2n) is 6.82. The maximum atomic E-state index is 12.3. The van der Waals surface area contributed by atoms with Crippen LogP contribution in [0.2, 0.25) is 5.02 Å². The minimum Gasteiger partial charge on any atom is -0.359 e. The Kier molecular flexibility index (Phi) is 3.73. The fourth-order valence-corrected chi connectivity index (χ4v) is 2.60. The SMILES string of the molecule is CC(C)(C)c1cc(NC(=O)[C@H]2C[C@H]2c2ccc(Cl)cc2)no1. The first-order valence-electron chi connectivity index (χ1n) is 7.38. The van der Waals surface area contributed by atoms with Crippen molar-refractivity contribution in [2.45, 2.75) is 38.5 Å². The number of anilines is 1. The van der Waals surface area contributed by atoms with Crippen LogP contribution in [-0.4, -0.2) is 11.1 Å². The van der Waals surface area contributed by atoms with Crippen LogP contribution < -0.4 is 5.32 Å². The van der Waals surface area contributed by atoms with Crippen molar-refractivity contribution >= 4 is 23.3 Å². The molecule has 1 aromatic heterocycles. The summed E-state index contributed by atoms with van der Waals surface area (Å²) in [6, 6.07) is 9.47. The summed E-state index contributed by atoms with van der Waals surface area (Å²) in [6.45, 7) is 6.11. The maximum absolute atomic E-state index is 12.3. The van der Waals surface area contributed by atoms with Crippen LogP contribution in [0.5, 0.6) is 0 Å². The molecule has 1 fully saturated rings. The van der Waals surface area contributed by atoms with Gasteiger partial charge in [0, 0.05) is 22.4 Å². The van der Waals surface area contributed by atoms with Gasteiger partial charge in [-0.15, -0.1) is 0 Å². The van der Waals surface area contributed by atoms with Gasteiger partial charge < -0.3 is 9.84 Å². The van der Waals surface area contributed by atoms with E-state index in [0.717, 1.165) is 17.7 Å². The Balaban J connectivity index is 1.62. The zero-order valence-electron chi connectivity index (χ0n) is 12.9. The van der Waals surface area contributed by atoms with Gasteiger partial charge in [0.25, 0.3) is 0 Å². The highest BCUT2D eigenvalue weighted by atomic mass is 35.5. The van der Waals surface area contributed by atoms with E-state index in [-0.39, 0.29) is 23.2 Å². The number of aromatic nitrogens is 1. The summed E-state index contributed by atoms with van der Waals surface area (Å²) in [6.07, 6.45) is 0.859. The van der Waals surface area contributed by atoms with Crippen LogP contribution in [0.4, 0.5) is 5.82 Å². The van der Waals surface area contributed by atoms with E-state index in [1.807, 2.05) is 45.0 Å². The number of nitrogens with one attached hydrogen (secondary N) is 1. The Bertz CT molecular complexity index is 685. The quantitative estimate of drug-likeness (QED) is 0.914. The van der Waals surface area contributed by atoms with Crippen LogP contribution in [0.1, 0.15) is 44.4 Å². The van der Waals surface area contributed by atoms with Crippen LogP contribution in [0.3, 0.4) is 0 Å². The Morgan fingerprint density at radius 2 is 2.00 bits per heavy atom. The van der Waals surface area contributed by atoms with Gasteiger partial charge >= 0.3 is 0 Å². The predicted octanol–water partition coefficient (Wildman–Crippen LogP) is 4.37. The molecule has 116 valence electrons. The largest absolute Gasteiger partial charge is 0.359 e. The number of hydrogen-bond acceptors (Lipinski definition) is 3. The summed E-state index contributed by atoms with van der Waals surface area (Å²) < 4.78 is 5.28. The van der Waals surface area contributed by atoms with Gasteiger partial charge in [-0.05, 0) is 30.0 Å². The van der Waals surface area contributed by atoms with Crippen molar-refractivity contribution < 1.29 is 9.32 Å². The van der Waals surface area contributed by atoms with Crippen molar-refractivity contribution in [1.29, 1.82) is 0 Å². The van der Waals surface area contributed by atoms with Gasteiger partial charge in [-0.2, -0.15) is 0 Å². The summed E-state index contributed by atoms with van der Waals surface area (Å²) in [7, 11) is 0. The lowest BCUT2D eigenvalue weighted by molar-refractivity contribution is -0.117. The number of benzene rings is 1. The van der Waals surface area contributed by atoms with E-state index in [4.69, 9.17) is 16.1 Å². The molecule has 1 N–H and O–H groups in total. The van der Waals surface area contributed by atoms with Crippen LogP contribution >= 0.6 is 11.6 Å². The molecule has 0 saturated heterocycles. The Labute approximate surface area is 134 Å². The molecule has 22 heavy (non-hydrogen) atoms. The molecule has 1 saturated carbocycles. The Morgan fingerprint density at radius 1 is 1.32 bits per heavy atom. The first kappa shape index (κ1) is 15.1. The number of amides is 1. The van der Waals surface area contributed by atoms with Crippen molar-refractivity contribution in [3.05, 3.63) is 46.7 Å². The van der Waals surface area contributed by atoms with Gasteiger partial charge in [0.15, 0.2) is 5.82 Å². The number of rotatable bonds is 3. The second-order valence-corrected chi connectivity index (χ2v) is 7.25. The molecule has 0 aliphatic heterocycles. The minimum absolute atomic E-state index is 0.00374. The minimum atomic E-state index is -0.124. The molecule has 1 amide bonds. The van der Waals surface area contributed by atoms with E-state index < -0.39 is 0 Å². The van der Waals surface area contributed by atoms with Crippen molar-refractivity contribution in [2.24, 2.45) is 5.92 Å². The molecular formula is C17H19ClN2O2. The molecule has 4 nitrogen and oxygen atoms in total. The summed E-state index contributed by atoms with van der Waals surface area (Å²) in [5.74, 6) is 1.50. The molecular weight excluding hydrogens is 300 g/mol. The van der Waals surface area contributed by atoms with Crippen LogP contribution in [-0.2, 0) is 10.2 Å². The van der Waals surface area contributed by atoms with Gasteiger partial charge in [0.1, 0.15) is 5.76 Å². The maximum Gasteiger partial charge on any atom is 0.229 e. The lowest BCUT2D eigenvalue weighted by Gasteiger charge is -2.12. The van der Waals surface area contributed by atoms with Crippen molar-refractivity contribution in [2.75, 3.05) is 5.32 Å². The average Bonchev–Trinajstić information content (AvgIpc) is 3.10. The molecule has 1 aliphatic carbocycles. The highest BCUT2D eigenvalue weighted by Gasteiger charge is 2.44. The molecule has 2 aromatic rings. The van der Waals surface area contributed by atoms with Crippen LogP contribution in [0.25, 0.3) is 0 Å².